The zero-order valence-corrected chi connectivity index (χ0v) is 9.15. The molecule has 0 aliphatic heterocycles. The van der Waals surface area contributed by atoms with E-state index in [0.29, 0.717) is 5.25 Å². The van der Waals surface area contributed by atoms with Crippen LogP contribution in [0.25, 0.3) is 0 Å². The average Bonchev–Trinajstić information content (AvgIpc) is 2.06. The number of thioether (sulfide) groups is 1. The maximum atomic E-state index is 5.13. The molecule has 0 saturated carbocycles. The quantitative estimate of drug-likeness (QED) is 0.549. The highest BCUT2D eigenvalue weighted by atomic mass is 32.2. The van der Waals surface area contributed by atoms with E-state index in [1.807, 2.05) is 11.8 Å². The van der Waals surface area contributed by atoms with Gasteiger partial charge in [0, 0.05) is 25.2 Å². The van der Waals surface area contributed by atoms with Gasteiger partial charge in [0.25, 0.3) is 0 Å². The lowest BCUT2D eigenvalue weighted by atomic mass is 10.2. The molecule has 0 aliphatic carbocycles. The van der Waals surface area contributed by atoms with Crippen molar-refractivity contribution in [3.63, 3.8) is 0 Å². The van der Waals surface area contributed by atoms with Crippen LogP contribution >= 0.6 is 11.8 Å². The maximum absolute atomic E-state index is 5.13. The first-order chi connectivity index (χ1) is 5.85. The third kappa shape index (κ3) is 6.95. The summed E-state index contributed by atoms with van der Waals surface area (Å²) in [5.74, 6) is 1.07. The maximum Gasteiger partial charge on any atom is 0.0581 e. The minimum absolute atomic E-state index is 0.648. The van der Waals surface area contributed by atoms with Crippen LogP contribution < -0.4 is 0 Å². The summed E-state index contributed by atoms with van der Waals surface area (Å²) in [6.07, 6.45) is 2.47. The number of hydrogen-bond acceptors (Lipinski definition) is 3. The molecule has 0 aromatic carbocycles. The zero-order chi connectivity index (χ0) is 9.23. The highest BCUT2D eigenvalue weighted by Gasteiger charge is 2.06. The van der Waals surface area contributed by atoms with Crippen molar-refractivity contribution >= 4 is 11.8 Å². The second kappa shape index (κ2) is 9.36. The highest BCUT2D eigenvalue weighted by molar-refractivity contribution is 7.99. The Bertz CT molecular complexity index is 82.6. The fourth-order valence-electron chi connectivity index (χ4n) is 1.02. The van der Waals surface area contributed by atoms with Gasteiger partial charge in [-0.25, -0.2) is 0 Å². The van der Waals surface area contributed by atoms with Crippen LogP contribution in [0.3, 0.4) is 0 Å². The standard InChI is InChI=1S/C9H20O2S/c1-4-5-9(8-11-3)12-7-6-10-2/h9H,4-8H2,1-3H3. The van der Waals surface area contributed by atoms with E-state index in [0.717, 1.165) is 19.0 Å². The Hall–Kier alpha value is 0.270. The van der Waals surface area contributed by atoms with E-state index >= 15 is 0 Å². The van der Waals surface area contributed by atoms with Gasteiger partial charge in [0.2, 0.25) is 0 Å². The molecule has 0 radical (unpaired) electrons. The van der Waals surface area contributed by atoms with Gasteiger partial charge in [0.15, 0.2) is 0 Å². The van der Waals surface area contributed by atoms with Crippen molar-refractivity contribution in [3.8, 4) is 0 Å². The molecule has 0 amide bonds. The molecular weight excluding hydrogens is 172 g/mol. The van der Waals surface area contributed by atoms with Crippen LogP contribution in [0.1, 0.15) is 19.8 Å². The van der Waals surface area contributed by atoms with Crippen LogP contribution in [0.5, 0.6) is 0 Å². The molecule has 2 nitrogen and oxygen atoms in total. The van der Waals surface area contributed by atoms with Gasteiger partial charge in [-0.15, -0.1) is 0 Å². The van der Waals surface area contributed by atoms with Crippen molar-refractivity contribution in [3.05, 3.63) is 0 Å². The minimum Gasteiger partial charge on any atom is -0.384 e. The number of ether oxygens (including phenoxy) is 2. The number of rotatable bonds is 8. The lowest BCUT2D eigenvalue weighted by Gasteiger charge is -2.13. The summed E-state index contributed by atoms with van der Waals surface area (Å²) in [5.41, 5.74) is 0. The van der Waals surface area contributed by atoms with Crippen molar-refractivity contribution in [2.45, 2.75) is 25.0 Å². The number of hydrogen-bond donors (Lipinski definition) is 0. The van der Waals surface area contributed by atoms with Crippen LogP contribution in [0.2, 0.25) is 0 Å². The molecule has 0 bridgehead atoms. The molecule has 0 aromatic rings. The predicted octanol–water partition coefficient (Wildman–Crippen LogP) is 2.18. The van der Waals surface area contributed by atoms with Gasteiger partial charge < -0.3 is 9.47 Å². The minimum atomic E-state index is 0.648. The summed E-state index contributed by atoms with van der Waals surface area (Å²) in [6.45, 7) is 3.91. The molecular formula is C9H20O2S. The molecule has 0 aliphatic rings. The predicted molar refractivity (Wildman–Crippen MR) is 54.9 cm³/mol. The Morgan fingerprint density at radius 2 is 2.00 bits per heavy atom. The van der Waals surface area contributed by atoms with Gasteiger partial charge >= 0.3 is 0 Å². The Morgan fingerprint density at radius 3 is 2.50 bits per heavy atom. The molecule has 3 heteroatoms. The number of methoxy groups -OCH3 is 2. The fraction of sp³-hybridized carbons (Fsp3) is 1.00. The summed E-state index contributed by atoms with van der Waals surface area (Å²) in [4.78, 5) is 0. The van der Waals surface area contributed by atoms with Gasteiger partial charge in [-0.05, 0) is 6.42 Å². The first-order valence-corrected chi connectivity index (χ1v) is 5.49. The summed E-state index contributed by atoms with van der Waals surface area (Å²) >= 11 is 1.95. The smallest absolute Gasteiger partial charge is 0.0581 e. The van der Waals surface area contributed by atoms with Crippen molar-refractivity contribution < 1.29 is 9.47 Å². The molecule has 0 N–H and O–H groups in total. The molecule has 0 heterocycles. The molecule has 1 unspecified atom stereocenters. The third-order valence-corrected chi connectivity index (χ3v) is 2.85. The molecule has 0 rings (SSSR count). The summed E-state index contributed by atoms with van der Waals surface area (Å²) in [5, 5.41) is 0.648. The first kappa shape index (κ1) is 12.3. The van der Waals surface area contributed by atoms with Crippen LogP contribution in [-0.2, 0) is 9.47 Å². The summed E-state index contributed by atoms with van der Waals surface area (Å²) < 4.78 is 10.1. The van der Waals surface area contributed by atoms with Crippen LogP contribution in [0.4, 0.5) is 0 Å². The molecule has 0 fully saturated rings. The first-order valence-electron chi connectivity index (χ1n) is 4.44. The lowest BCUT2D eigenvalue weighted by molar-refractivity contribution is 0.196. The van der Waals surface area contributed by atoms with Crippen molar-refractivity contribution in [1.82, 2.24) is 0 Å². The second-order valence-electron chi connectivity index (χ2n) is 2.73. The van der Waals surface area contributed by atoms with Crippen LogP contribution in [0.15, 0.2) is 0 Å². The van der Waals surface area contributed by atoms with Crippen molar-refractivity contribution in [2.75, 3.05) is 33.2 Å². The van der Waals surface area contributed by atoms with Gasteiger partial charge in [0.05, 0.1) is 13.2 Å². The van der Waals surface area contributed by atoms with E-state index in [2.05, 4.69) is 6.92 Å². The molecule has 1 atom stereocenters. The van der Waals surface area contributed by atoms with E-state index in [-0.39, 0.29) is 0 Å². The largest absolute Gasteiger partial charge is 0.384 e. The van der Waals surface area contributed by atoms with E-state index < -0.39 is 0 Å². The van der Waals surface area contributed by atoms with E-state index in [9.17, 15) is 0 Å². The molecule has 0 spiro atoms. The molecule has 0 aromatic heterocycles. The normalized spacial score (nSPS) is 13.2. The van der Waals surface area contributed by atoms with Crippen LogP contribution in [0, 0.1) is 0 Å². The van der Waals surface area contributed by atoms with E-state index in [1.165, 1.54) is 12.8 Å². The van der Waals surface area contributed by atoms with Gasteiger partial charge in [-0.2, -0.15) is 11.8 Å². The SMILES string of the molecule is CCCC(COC)SCCOC. The average molecular weight is 192 g/mol. The third-order valence-electron chi connectivity index (χ3n) is 1.60. The second-order valence-corrected chi connectivity index (χ2v) is 4.14. The van der Waals surface area contributed by atoms with Gasteiger partial charge in [-0.1, -0.05) is 13.3 Å². The molecule has 12 heavy (non-hydrogen) atoms. The molecule has 0 saturated heterocycles. The van der Waals surface area contributed by atoms with Gasteiger partial charge in [0.1, 0.15) is 0 Å². The fourth-order valence-corrected chi connectivity index (χ4v) is 2.25. The van der Waals surface area contributed by atoms with E-state index in [4.69, 9.17) is 9.47 Å². The van der Waals surface area contributed by atoms with Crippen molar-refractivity contribution in [2.24, 2.45) is 0 Å². The Labute approximate surface area is 80.0 Å². The Kier molecular flexibility index (Phi) is 9.57. The monoisotopic (exact) mass is 192 g/mol. The van der Waals surface area contributed by atoms with Crippen molar-refractivity contribution in [1.29, 1.82) is 0 Å². The summed E-state index contributed by atoms with van der Waals surface area (Å²) in [7, 11) is 3.51. The topological polar surface area (TPSA) is 18.5 Å². The zero-order valence-electron chi connectivity index (χ0n) is 8.34. The Balaban J connectivity index is 3.34. The lowest BCUT2D eigenvalue weighted by Crippen LogP contribution is -2.12. The van der Waals surface area contributed by atoms with E-state index in [1.54, 1.807) is 14.2 Å². The van der Waals surface area contributed by atoms with Gasteiger partial charge in [-0.3, -0.25) is 0 Å². The van der Waals surface area contributed by atoms with Crippen LogP contribution in [-0.4, -0.2) is 38.4 Å². The Morgan fingerprint density at radius 1 is 1.25 bits per heavy atom. The molecule has 74 valence electrons. The highest BCUT2D eigenvalue weighted by Crippen LogP contribution is 2.16. The summed E-state index contributed by atoms with van der Waals surface area (Å²) in [6, 6.07) is 0.